The highest BCUT2D eigenvalue weighted by Gasteiger charge is 2.43. The number of benzene rings is 3. The number of fused-ring (bicyclic) bond motifs is 2. The highest BCUT2D eigenvalue weighted by molar-refractivity contribution is 5.94. The molecule has 1 unspecified atom stereocenters. The molecule has 2 bridgehead atoms. The van der Waals surface area contributed by atoms with Crippen LogP contribution >= 0.6 is 0 Å². The number of carbonyl (C=O) groups excluding carboxylic acids is 1. The van der Waals surface area contributed by atoms with Gasteiger partial charge in [0.1, 0.15) is 23.4 Å². The summed E-state index contributed by atoms with van der Waals surface area (Å²) in [5.74, 6) is 2.24. The van der Waals surface area contributed by atoms with Crippen molar-refractivity contribution in [1.82, 2.24) is 10.2 Å². The van der Waals surface area contributed by atoms with Crippen LogP contribution in [0.1, 0.15) is 35.2 Å². The molecule has 3 fully saturated rings. The smallest absolute Gasteiger partial charge is 0.251 e. The molecule has 3 aliphatic rings. The van der Waals surface area contributed by atoms with Crippen LogP contribution in [0.4, 0.5) is 0 Å². The molecule has 0 aromatic heterocycles. The number of para-hydroxylation sites is 1. The molecular weight excluding hydrogens is 400 g/mol. The average molecular weight is 429 g/mol. The molecule has 2 aliphatic heterocycles. The Morgan fingerprint density at radius 1 is 0.875 bits per heavy atom. The molecule has 2 saturated heterocycles. The van der Waals surface area contributed by atoms with Crippen molar-refractivity contribution in [3.63, 3.8) is 0 Å². The van der Waals surface area contributed by atoms with E-state index in [1.54, 1.807) is 12.1 Å². The molecule has 0 spiro atoms. The van der Waals surface area contributed by atoms with Gasteiger partial charge in [-0.3, -0.25) is 4.79 Å². The van der Waals surface area contributed by atoms with E-state index in [0.29, 0.717) is 29.9 Å². The van der Waals surface area contributed by atoms with Crippen molar-refractivity contribution in [2.24, 2.45) is 0 Å². The summed E-state index contributed by atoms with van der Waals surface area (Å²) in [6.45, 7) is 0.455. The predicted molar refractivity (Wildman–Crippen MR) is 124 cm³/mol. The van der Waals surface area contributed by atoms with Gasteiger partial charge >= 0.3 is 0 Å². The topological polar surface area (TPSA) is 50.8 Å². The van der Waals surface area contributed by atoms with Crippen LogP contribution in [0, 0.1) is 0 Å². The van der Waals surface area contributed by atoms with Gasteiger partial charge in [0.2, 0.25) is 0 Å². The SMILES string of the molecule is CN1[C@@H]2CC(Oc3cccc(CNC(=O)c4ccc(Oc5ccccc5)cc4)c3)C[C@H]1C2. The predicted octanol–water partition coefficient (Wildman–Crippen LogP) is 5.02. The van der Waals surface area contributed by atoms with E-state index < -0.39 is 0 Å². The van der Waals surface area contributed by atoms with Gasteiger partial charge in [-0.25, -0.2) is 0 Å². The normalized spacial score (nSPS) is 22.0. The molecule has 5 nitrogen and oxygen atoms in total. The largest absolute Gasteiger partial charge is 0.490 e. The lowest BCUT2D eigenvalue weighted by atomic mass is 9.78. The fourth-order valence-electron chi connectivity index (χ4n) is 4.64. The van der Waals surface area contributed by atoms with E-state index in [9.17, 15) is 4.79 Å². The van der Waals surface area contributed by atoms with E-state index in [4.69, 9.17) is 9.47 Å². The second-order valence-electron chi connectivity index (χ2n) is 8.69. The number of ether oxygens (including phenoxy) is 2. The second-order valence-corrected chi connectivity index (χ2v) is 8.69. The molecule has 32 heavy (non-hydrogen) atoms. The van der Waals surface area contributed by atoms with Gasteiger partial charge in [-0.15, -0.1) is 0 Å². The van der Waals surface area contributed by atoms with Gasteiger partial charge in [-0.05, 0) is 80.4 Å². The Hall–Kier alpha value is -3.31. The number of amides is 1. The van der Waals surface area contributed by atoms with E-state index in [0.717, 1.165) is 29.9 Å². The molecular formula is C27H28N2O3. The highest BCUT2D eigenvalue weighted by Crippen LogP contribution is 2.38. The zero-order valence-corrected chi connectivity index (χ0v) is 18.2. The maximum Gasteiger partial charge on any atom is 0.251 e. The number of piperidine rings is 1. The lowest BCUT2D eigenvalue weighted by Crippen LogP contribution is -2.60. The zero-order chi connectivity index (χ0) is 21.9. The van der Waals surface area contributed by atoms with Gasteiger partial charge in [-0.2, -0.15) is 0 Å². The summed E-state index contributed by atoms with van der Waals surface area (Å²) >= 11 is 0. The summed E-state index contributed by atoms with van der Waals surface area (Å²) in [7, 11) is 2.21. The Morgan fingerprint density at radius 3 is 2.28 bits per heavy atom. The van der Waals surface area contributed by atoms with Crippen molar-refractivity contribution in [3.8, 4) is 17.2 Å². The van der Waals surface area contributed by atoms with E-state index in [1.165, 1.54) is 6.42 Å². The van der Waals surface area contributed by atoms with Crippen molar-refractivity contribution >= 4 is 5.91 Å². The molecule has 5 heteroatoms. The van der Waals surface area contributed by atoms with Gasteiger partial charge in [0.15, 0.2) is 0 Å². The first kappa shape index (κ1) is 20.6. The van der Waals surface area contributed by atoms with Crippen molar-refractivity contribution < 1.29 is 14.3 Å². The van der Waals surface area contributed by atoms with Crippen molar-refractivity contribution in [2.75, 3.05) is 7.05 Å². The minimum absolute atomic E-state index is 0.113. The number of carbonyl (C=O) groups is 1. The number of nitrogens with one attached hydrogen (secondary N) is 1. The van der Waals surface area contributed by atoms with Crippen LogP contribution in [0.25, 0.3) is 0 Å². The van der Waals surface area contributed by atoms with Crippen LogP contribution in [0.5, 0.6) is 17.2 Å². The molecule has 164 valence electrons. The minimum Gasteiger partial charge on any atom is -0.490 e. The first-order valence-corrected chi connectivity index (χ1v) is 11.2. The summed E-state index contributed by atoms with van der Waals surface area (Å²) in [5.41, 5.74) is 1.63. The van der Waals surface area contributed by atoms with Crippen LogP contribution in [0.15, 0.2) is 78.9 Å². The Bertz CT molecular complexity index is 1060. The summed E-state index contributed by atoms with van der Waals surface area (Å²) in [5, 5.41) is 2.99. The highest BCUT2D eigenvalue weighted by atomic mass is 16.5. The van der Waals surface area contributed by atoms with Gasteiger partial charge < -0.3 is 19.7 Å². The summed E-state index contributed by atoms with van der Waals surface area (Å²) in [6.07, 6.45) is 3.79. The standard InChI is InChI=1S/C27H28N2O3/c1-29-21-15-22(29)17-26(16-21)32-25-9-5-6-19(14-25)18-28-27(30)20-10-12-24(13-11-20)31-23-7-3-2-4-8-23/h2-14,21-22,26H,15-18H2,1H3,(H,28,30)/t21-,22+,26?. The summed E-state index contributed by atoms with van der Waals surface area (Å²) < 4.78 is 12.0. The van der Waals surface area contributed by atoms with E-state index >= 15 is 0 Å². The molecule has 1 amide bonds. The molecule has 3 aromatic carbocycles. The molecule has 6 rings (SSSR count). The third-order valence-corrected chi connectivity index (χ3v) is 6.52. The maximum atomic E-state index is 12.6. The molecule has 0 radical (unpaired) electrons. The first-order valence-electron chi connectivity index (χ1n) is 11.2. The van der Waals surface area contributed by atoms with Crippen LogP contribution < -0.4 is 14.8 Å². The Labute approximate surface area is 189 Å². The van der Waals surface area contributed by atoms with Crippen molar-refractivity contribution in [1.29, 1.82) is 0 Å². The quantitative estimate of drug-likeness (QED) is 0.574. The summed E-state index contributed by atoms with van der Waals surface area (Å²) in [6, 6.07) is 26.1. The zero-order valence-electron chi connectivity index (χ0n) is 18.2. The number of nitrogens with zero attached hydrogens (tertiary/aromatic N) is 1. The lowest BCUT2D eigenvalue weighted by Gasteiger charge is -2.53. The van der Waals surface area contributed by atoms with Crippen LogP contribution in [0.3, 0.4) is 0 Å². The van der Waals surface area contributed by atoms with E-state index in [2.05, 4.69) is 17.3 Å². The van der Waals surface area contributed by atoms with Crippen LogP contribution in [-0.2, 0) is 6.54 Å². The third kappa shape index (κ3) is 4.63. The van der Waals surface area contributed by atoms with Crippen LogP contribution in [-0.4, -0.2) is 36.0 Å². The Morgan fingerprint density at radius 2 is 1.56 bits per heavy atom. The number of rotatable bonds is 7. The Kier molecular flexibility index (Phi) is 5.82. The van der Waals surface area contributed by atoms with Gasteiger partial charge in [0.05, 0.1) is 0 Å². The fourth-order valence-corrected chi connectivity index (χ4v) is 4.64. The second kappa shape index (κ2) is 9.05. The van der Waals surface area contributed by atoms with Crippen molar-refractivity contribution in [3.05, 3.63) is 90.0 Å². The monoisotopic (exact) mass is 428 g/mol. The molecule has 1 saturated carbocycles. The number of hydrogen-bond acceptors (Lipinski definition) is 4. The van der Waals surface area contributed by atoms with Gasteiger partial charge in [0, 0.05) is 24.2 Å². The molecule has 3 aromatic rings. The van der Waals surface area contributed by atoms with Crippen molar-refractivity contribution in [2.45, 2.75) is 44.0 Å². The van der Waals surface area contributed by atoms with E-state index in [-0.39, 0.29) is 12.0 Å². The number of hydrogen-bond donors (Lipinski definition) is 1. The minimum atomic E-state index is -0.113. The average Bonchev–Trinajstić information content (AvgIpc) is 2.84. The van der Waals surface area contributed by atoms with Gasteiger partial charge in [-0.1, -0.05) is 30.3 Å². The lowest BCUT2D eigenvalue weighted by molar-refractivity contribution is -0.0559. The molecule has 2 heterocycles. The summed E-state index contributed by atoms with van der Waals surface area (Å²) in [4.78, 5) is 15.0. The molecule has 1 N–H and O–H groups in total. The maximum absolute atomic E-state index is 12.6. The molecule has 1 aliphatic carbocycles. The fraction of sp³-hybridized carbons (Fsp3) is 0.296. The van der Waals surface area contributed by atoms with Crippen LogP contribution in [0.2, 0.25) is 0 Å². The molecule has 3 atom stereocenters. The van der Waals surface area contributed by atoms with E-state index in [1.807, 2.05) is 66.7 Å². The Balaban J connectivity index is 1.13. The first-order chi connectivity index (χ1) is 15.6. The van der Waals surface area contributed by atoms with Gasteiger partial charge in [0.25, 0.3) is 5.91 Å². The third-order valence-electron chi connectivity index (χ3n) is 6.52.